The van der Waals surface area contributed by atoms with Gasteiger partial charge in [-0.1, -0.05) is 7.43 Å². The molecule has 32 heavy (non-hydrogen) atoms. The summed E-state index contributed by atoms with van der Waals surface area (Å²) in [5.41, 5.74) is 10.2. The van der Waals surface area contributed by atoms with Crippen LogP contribution in [0.5, 0.6) is 0 Å². The van der Waals surface area contributed by atoms with Gasteiger partial charge in [-0.15, -0.1) is 27.9 Å². The van der Waals surface area contributed by atoms with Crippen LogP contribution in [-0.2, 0) is 20.0 Å². The van der Waals surface area contributed by atoms with Gasteiger partial charge in [0.2, 0.25) is 10.0 Å². The molecule has 2 aromatic rings. The van der Waals surface area contributed by atoms with E-state index in [0.29, 0.717) is 4.38 Å². The van der Waals surface area contributed by atoms with Gasteiger partial charge in [0.1, 0.15) is 16.0 Å². The van der Waals surface area contributed by atoms with Crippen molar-refractivity contribution in [3.8, 4) is 0 Å². The summed E-state index contributed by atoms with van der Waals surface area (Å²) in [4.78, 5) is -0.487. The monoisotopic (exact) mass is 535 g/mol. The molecular formula is C17H25F3N4O4S4. The van der Waals surface area contributed by atoms with Crippen molar-refractivity contribution in [2.75, 3.05) is 31.1 Å². The topological polar surface area (TPSA) is 159 Å². The third kappa shape index (κ3) is 10.1. The molecule has 0 atom stereocenters. The van der Waals surface area contributed by atoms with Crippen LogP contribution in [-0.4, -0.2) is 40.9 Å². The van der Waals surface area contributed by atoms with Gasteiger partial charge in [0.25, 0.3) is 10.0 Å². The van der Waals surface area contributed by atoms with Crippen LogP contribution < -0.4 is 16.6 Å². The Hall–Kier alpha value is -1.94. The molecule has 15 heteroatoms. The zero-order valence-corrected chi connectivity index (χ0v) is 19.5. The van der Waals surface area contributed by atoms with Crippen LogP contribution in [0.25, 0.3) is 0 Å². The first-order chi connectivity index (χ1) is 14.7. The molecule has 0 aliphatic heterocycles. The highest BCUT2D eigenvalue weighted by molar-refractivity contribution is 8.38. The number of hydrogen-bond donors (Lipinski definition) is 3. The van der Waals surface area contributed by atoms with E-state index in [2.05, 4.69) is 4.40 Å². The van der Waals surface area contributed by atoms with E-state index in [1.165, 1.54) is 35.7 Å². The predicted octanol–water partition coefficient (Wildman–Crippen LogP) is 3.46. The number of benzene rings is 2. The molecule has 0 aliphatic carbocycles. The average molecular weight is 536 g/mol. The van der Waals surface area contributed by atoms with Gasteiger partial charge in [0.15, 0.2) is 0 Å². The summed E-state index contributed by atoms with van der Waals surface area (Å²) in [5.74, 6) is -1.56. The maximum Gasteiger partial charge on any atom is 0.283 e. The van der Waals surface area contributed by atoms with E-state index in [1.54, 1.807) is 12.5 Å². The molecule has 0 aromatic heterocycles. The number of sulfonamides is 2. The fraction of sp³-hybridized carbons (Fsp3) is 0.235. The van der Waals surface area contributed by atoms with Gasteiger partial charge in [0, 0.05) is 0 Å². The Labute approximate surface area is 196 Å². The van der Waals surface area contributed by atoms with E-state index < -0.39 is 38.8 Å². The molecule has 0 saturated heterocycles. The van der Waals surface area contributed by atoms with Crippen LogP contribution in [0, 0.1) is 11.6 Å². The van der Waals surface area contributed by atoms with Crippen molar-refractivity contribution < 1.29 is 31.4 Å². The number of rotatable bonds is 3. The van der Waals surface area contributed by atoms with Gasteiger partial charge in [-0.3, -0.25) is 4.39 Å². The molecule has 0 aliphatic rings. The molecule has 2 rings (SSSR count). The molecule has 0 heterocycles. The second-order valence-corrected chi connectivity index (χ2v) is 10.2. The van der Waals surface area contributed by atoms with Crippen LogP contribution in [0.2, 0.25) is 0 Å². The van der Waals surface area contributed by atoms with Crippen molar-refractivity contribution in [1.29, 1.82) is 0 Å². The summed E-state index contributed by atoms with van der Waals surface area (Å²) in [6, 6.07) is 6.38. The Morgan fingerprint density at radius 2 is 1.31 bits per heavy atom. The highest BCUT2D eigenvalue weighted by Gasteiger charge is 2.16. The third-order valence-corrected chi connectivity index (χ3v) is 7.41. The average Bonchev–Trinajstić information content (AvgIpc) is 2.70. The number of primary sulfonamides is 1. The number of anilines is 2. The zero-order chi connectivity index (χ0) is 25.1. The van der Waals surface area contributed by atoms with E-state index in [1.807, 2.05) is 0 Å². The molecule has 182 valence electrons. The van der Waals surface area contributed by atoms with E-state index in [4.69, 9.17) is 18.0 Å². The number of nitrogens with zero attached hydrogens (tertiary/aromatic N) is 1. The largest absolute Gasteiger partial charge is 0.396 e. The minimum atomic E-state index is -3.87. The van der Waals surface area contributed by atoms with Crippen LogP contribution in [0.3, 0.4) is 0 Å². The first kappa shape index (κ1) is 30.1. The first-order valence-electron chi connectivity index (χ1n) is 8.35. The molecule has 0 unspecified atom stereocenters. The summed E-state index contributed by atoms with van der Waals surface area (Å²) < 4.78 is 90.2. The Kier molecular flexibility index (Phi) is 13.4. The van der Waals surface area contributed by atoms with Crippen molar-refractivity contribution in [3.05, 3.63) is 48.0 Å². The molecule has 2 aromatic carbocycles. The van der Waals surface area contributed by atoms with Gasteiger partial charge in [0.05, 0.1) is 29.7 Å². The minimum absolute atomic E-state index is 0. The van der Waals surface area contributed by atoms with Crippen LogP contribution >= 0.6 is 23.5 Å². The lowest BCUT2D eigenvalue weighted by Crippen LogP contribution is -2.12. The lowest BCUT2D eigenvalue weighted by atomic mass is 10.3. The highest BCUT2D eigenvalue weighted by atomic mass is 32.2. The molecule has 0 amide bonds. The molecule has 0 saturated carbocycles. The normalized spacial score (nSPS) is 10.9. The number of alkyl halides is 1. The smallest absolute Gasteiger partial charge is 0.283 e. The van der Waals surface area contributed by atoms with Crippen molar-refractivity contribution in [1.82, 2.24) is 0 Å². The predicted molar refractivity (Wildman–Crippen MR) is 128 cm³/mol. The Morgan fingerprint density at radius 1 is 0.938 bits per heavy atom. The summed E-state index contributed by atoms with van der Waals surface area (Å²) in [6.07, 6.45) is 3.43. The maximum atomic E-state index is 13.2. The minimum Gasteiger partial charge on any atom is -0.396 e. The molecule has 0 radical (unpaired) electrons. The summed E-state index contributed by atoms with van der Waals surface area (Å²) in [7, 11) is -8.71. The number of thioether (sulfide) groups is 2. The maximum absolute atomic E-state index is 13.2. The lowest BCUT2D eigenvalue weighted by molar-refractivity contribution is 0.592. The molecule has 0 bridgehead atoms. The van der Waals surface area contributed by atoms with Crippen molar-refractivity contribution in [2.45, 2.75) is 17.2 Å². The summed E-state index contributed by atoms with van der Waals surface area (Å²) in [6.45, 7) is 0. The molecule has 0 fully saturated rings. The lowest BCUT2D eigenvalue weighted by Gasteiger charge is -2.02. The zero-order valence-electron chi connectivity index (χ0n) is 17.3. The number of halogens is 3. The van der Waals surface area contributed by atoms with Gasteiger partial charge in [-0.25, -0.2) is 22.3 Å². The van der Waals surface area contributed by atoms with Crippen molar-refractivity contribution in [3.63, 3.8) is 0 Å². The number of nitrogens with two attached hydrogens (primary N) is 3. The van der Waals surface area contributed by atoms with E-state index in [-0.39, 0.29) is 28.6 Å². The third-order valence-electron chi connectivity index (χ3n) is 3.11. The summed E-state index contributed by atoms with van der Waals surface area (Å²) >= 11 is 2.43. The molecular weight excluding hydrogens is 509 g/mol. The fourth-order valence-corrected chi connectivity index (χ4v) is 4.83. The number of nitrogen functional groups attached to an aromatic ring is 2. The molecule has 8 nitrogen and oxygen atoms in total. The fourth-order valence-electron chi connectivity index (χ4n) is 1.66. The van der Waals surface area contributed by atoms with Crippen LogP contribution in [0.15, 0.2) is 50.6 Å². The van der Waals surface area contributed by atoms with Crippen molar-refractivity contribution in [2.24, 2.45) is 9.54 Å². The standard InChI is InChI=1S/C9H11FN2O2S3.C6H7FN2O2S.CH3F.CH4/c1-15-9(16-2)12-17(13,14)6-3-4-8(11)7(10)5-6;7-5-3-4(12(9,10)11)1-2-6(5)8;1-2;/h3-5H,11H2,1-2H3;1-3H,8H2,(H2,9,10,11);1H3;1H4/i;;1D;. The van der Waals surface area contributed by atoms with E-state index in [0.717, 1.165) is 24.3 Å². The number of hydrogen-bond acceptors (Lipinski definition) is 8. The van der Waals surface area contributed by atoms with E-state index in [9.17, 15) is 30.0 Å². The summed E-state index contributed by atoms with van der Waals surface area (Å²) in [5, 5.41) is 4.74. The second-order valence-electron chi connectivity index (χ2n) is 5.15. The van der Waals surface area contributed by atoms with Gasteiger partial charge >= 0.3 is 0 Å². The Morgan fingerprint density at radius 3 is 1.66 bits per heavy atom. The molecule has 0 spiro atoms. The van der Waals surface area contributed by atoms with Gasteiger partial charge in [-0.05, 0) is 48.9 Å². The highest BCUT2D eigenvalue weighted by Crippen LogP contribution is 2.21. The van der Waals surface area contributed by atoms with Gasteiger partial charge in [-0.2, -0.15) is 8.42 Å². The SMILES string of the molecule is C.CSC(=NS(=O)(=O)c1ccc(N)c(F)c1)SC.Nc1ccc(S(N)(=O)=O)cc1F.[2H]CF. The van der Waals surface area contributed by atoms with Crippen LogP contribution in [0.4, 0.5) is 24.5 Å². The van der Waals surface area contributed by atoms with Crippen molar-refractivity contribution >= 4 is 59.3 Å². The molecule has 6 N–H and O–H groups in total. The Bertz CT molecular complexity index is 1140. The second kappa shape index (κ2) is 14.3. The van der Waals surface area contributed by atoms with Crippen LogP contribution in [0.1, 0.15) is 8.80 Å². The van der Waals surface area contributed by atoms with E-state index >= 15 is 0 Å². The quantitative estimate of drug-likeness (QED) is 0.306. The Balaban J connectivity index is 0. The van der Waals surface area contributed by atoms with Gasteiger partial charge < -0.3 is 11.5 Å². The first-order valence-corrected chi connectivity index (χ1v) is 13.1.